The molecule has 2 heterocycles. The van der Waals surface area contributed by atoms with Crippen LogP contribution in [-0.4, -0.2) is 41.5 Å². The summed E-state index contributed by atoms with van der Waals surface area (Å²) < 4.78 is 6.87. The molecule has 1 aliphatic carbocycles. The Morgan fingerprint density at radius 2 is 2.06 bits per heavy atom. The predicted octanol–water partition coefficient (Wildman–Crippen LogP) is 4.09. The van der Waals surface area contributed by atoms with Crippen molar-refractivity contribution >= 4 is 50.8 Å². The Labute approximate surface area is 200 Å². The molecule has 0 unspecified atom stereocenters. The maximum atomic E-state index is 13.3. The highest BCUT2D eigenvalue weighted by Gasteiger charge is 2.22. The van der Waals surface area contributed by atoms with Gasteiger partial charge in [-0.05, 0) is 55.4 Å². The monoisotopic (exact) mass is 491 g/mol. The van der Waals surface area contributed by atoms with Crippen molar-refractivity contribution in [2.45, 2.75) is 43.8 Å². The van der Waals surface area contributed by atoms with Crippen molar-refractivity contribution in [3.05, 3.63) is 55.6 Å². The summed E-state index contributed by atoms with van der Waals surface area (Å²) in [5.74, 6) is 0.124. The zero-order chi connectivity index (χ0) is 22.5. The van der Waals surface area contributed by atoms with Crippen LogP contribution in [0.25, 0.3) is 10.2 Å². The molecule has 0 bridgehead atoms. The van der Waals surface area contributed by atoms with E-state index in [-0.39, 0.29) is 17.2 Å². The second kappa shape index (κ2) is 10.8. The van der Waals surface area contributed by atoms with E-state index in [2.05, 4.69) is 5.32 Å². The standard InChI is InChI=1S/C23H26ClN3O3S2/c1-30-13-12-27-22(29)20-17-4-2-3-5-18(17)32-21(20)26-23(27)31-14-19(28)25-11-10-15-6-8-16(24)9-7-15/h6-9H,2-5,10-14H2,1H3,(H,25,28). The molecule has 0 atom stereocenters. The van der Waals surface area contributed by atoms with Gasteiger partial charge in [0.25, 0.3) is 5.56 Å². The minimum absolute atomic E-state index is 0.0166. The first kappa shape index (κ1) is 23.3. The summed E-state index contributed by atoms with van der Waals surface area (Å²) in [6.45, 7) is 1.38. The van der Waals surface area contributed by atoms with Crippen LogP contribution in [0.15, 0.2) is 34.2 Å². The van der Waals surface area contributed by atoms with Crippen molar-refractivity contribution in [3.63, 3.8) is 0 Å². The van der Waals surface area contributed by atoms with Gasteiger partial charge in [-0.1, -0.05) is 35.5 Å². The third-order valence-corrected chi connectivity index (χ3v) is 7.95. The highest BCUT2D eigenvalue weighted by molar-refractivity contribution is 7.99. The Morgan fingerprint density at radius 3 is 2.84 bits per heavy atom. The van der Waals surface area contributed by atoms with Gasteiger partial charge in [-0.3, -0.25) is 14.2 Å². The van der Waals surface area contributed by atoms with Crippen LogP contribution >= 0.6 is 34.7 Å². The first-order valence-corrected chi connectivity index (χ1v) is 12.9. The maximum absolute atomic E-state index is 13.3. The Morgan fingerprint density at radius 1 is 1.28 bits per heavy atom. The number of halogens is 1. The molecule has 0 spiro atoms. The molecule has 3 aromatic rings. The van der Waals surface area contributed by atoms with Crippen molar-refractivity contribution in [3.8, 4) is 0 Å². The topological polar surface area (TPSA) is 73.2 Å². The zero-order valence-corrected chi connectivity index (χ0v) is 20.4. The normalized spacial score (nSPS) is 13.3. The lowest BCUT2D eigenvalue weighted by molar-refractivity contribution is -0.118. The van der Waals surface area contributed by atoms with E-state index in [0.29, 0.717) is 29.9 Å². The van der Waals surface area contributed by atoms with Crippen LogP contribution in [0.5, 0.6) is 0 Å². The van der Waals surface area contributed by atoms with Gasteiger partial charge in [0.15, 0.2) is 5.16 Å². The molecular weight excluding hydrogens is 466 g/mol. The second-order valence-electron chi connectivity index (χ2n) is 7.75. The number of fused-ring (bicyclic) bond motifs is 3. The van der Waals surface area contributed by atoms with Crippen molar-refractivity contribution in [1.82, 2.24) is 14.9 Å². The van der Waals surface area contributed by atoms with Crippen LogP contribution in [0.3, 0.4) is 0 Å². The van der Waals surface area contributed by atoms with Crippen LogP contribution < -0.4 is 10.9 Å². The van der Waals surface area contributed by atoms with Gasteiger partial charge in [0.2, 0.25) is 5.91 Å². The molecule has 6 nitrogen and oxygen atoms in total. The minimum Gasteiger partial charge on any atom is -0.383 e. The van der Waals surface area contributed by atoms with Crippen molar-refractivity contribution in [1.29, 1.82) is 0 Å². The van der Waals surface area contributed by atoms with E-state index in [0.717, 1.165) is 47.9 Å². The lowest BCUT2D eigenvalue weighted by Gasteiger charge is -2.13. The third kappa shape index (κ3) is 5.36. The highest BCUT2D eigenvalue weighted by atomic mass is 35.5. The Balaban J connectivity index is 1.45. The molecule has 1 N–H and O–H groups in total. The Hall–Kier alpha value is -1.87. The van der Waals surface area contributed by atoms with E-state index in [9.17, 15) is 9.59 Å². The molecule has 1 amide bonds. The van der Waals surface area contributed by atoms with Gasteiger partial charge in [-0.15, -0.1) is 11.3 Å². The minimum atomic E-state index is -0.0814. The van der Waals surface area contributed by atoms with Crippen LogP contribution in [0.1, 0.15) is 28.8 Å². The summed E-state index contributed by atoms with van der Waals surface area (Å²) in [4.78, 5) is 32.6. The molecule has 0 aliphatic heterocycles. The number of thiophene rings is 1. The SMILES string of the molecule is COCCn1c(SCC(=O)NCCc2ccc(Cl)cc2)nc2sc3c(c2c1=O)CCCC3. The molecule has 1 aliphatic rings. The van der Waals surface area contributed by atoms with E-state index in [1.807, 2.05) is 24.3 Å². The summed E-state index contributed by atoms with van der Waals surface area (Å²) in [5.41, 5.74) is 2.28. The molecule has 0 saturated carbocycles. The summed E-state index contributed by atoms with van der Waals surface area (Å²) in [6, 6.07) is 7.60. The van der Waals surface area contributed by atoms with Crippen LogP contribution in [0.2, 0.25) is 5.02 Å². The van der Waals surface area contributed by atoms with E-state index in [1.165, 1.54) is 22.2 Å². The molecule has 0 saturated heterocycles. The maximum Gasteiger partial charge on any atom is 0.263 e. The number of nitrogens with one attached hydrogen (secondary N) is 1. The molecule has 170 valence electrons. The summed E-state index contributed by atoms with van der Waals surface area (Å²) in [6.07, 6.45) is 4.97. The molecule has 1 aromatic carbocycles. The van der Waals surface area contributed by atoms with Crippen molar-refractivity contribution in [2.75, 3.05) is 26.0 Å². The number of hydrogen-bond acceptors (Lipinski definition) is 6. The number of thioether (sulfide) groups is 1. The number of hydrogen-bond donors (Lipinski definition) is 1. The fourth-order valence-electron chi connectivity index (χ4n) is 3.89. The van der Waals surface area contributed by atoms with Gasteiger partial charge in [0, 0.05) is 23.6 Å². The number of ether oxygens (including phenoxy) is 1. The molecule has 2 aromatic heterocycles. The lowest BCUT2D eigenvalue weighted by Crippen LogP contribution is -2.29. The summed E-state index contributed by atoms with van der Waals surface area (Å²) >= 11 is 8.84. The Bertz CT molecular complexity index is 1160. The van der Waals surface area contributed by atoms with Gasteiger partial charge in [0.1, 0.15) is 4.83 Å². The van der Waals surface area contributed by atoms with Gasteiger partial charge >= 0.3 is 0 Å². The van der Waals surface area contributed by atoms with Gasteiger partial charge in [0.05, 0.1) is 24.3 Å². The fraction of sp³-hybridized carbons (Fsp3) is 0.435. The number of carbonyl (C=O) groups is 1. The number of carbonyl (C=O) groups excluding carboxylic acids is 1. The number of rotatable bonds is 9. The van der Waals surface area contributed by atoms with Crippen LogP contribution in [0.4, 0.5) is 0 Å². The number of nitrogens with zero attached hydrogens (tertiary/aromatic N) is 2. The Kier molecular flexibility index (Phi) is 7.88. The van der Waals surface area contributed by atoms with Crippen LogP contribution in [-0.2, 0) is 35.3 Å². The molecule has 9 heteroatoms. The van der Waals surface area contributed by atoms with E-state index < -0.39 is 0 Å². The smallest absolute Gasteiger partial charge is 0.263 e. The van der Waals surface area contributed by atoms with E-state index in [1.54, 1.807) is 23.0 Å². The number of aromatic nitrogens is 2. The van der Waals surface area contributed by atoms with Crippen molar-refractivity contribution in [2.24, 2.45) is 0 Å². The lowest BCUT2D eigenvalue weighted by atomic mass is 9.97. The quantitative estimate of drug-likeness (QED) is 0.360. The average Bonchev–Trinajstić information content (AvgIpc) is 3.17. The summed E-state index contributed by atoms with van der Waals surface area (Å²) in [5, 5.41) is 4.98. The van der Waals surface area contributed by atoms with Gasteiger partial charge < -0.3 is 10.1 Å². The molecule has 4 rings (SSSR count). The predicted molar refractivity (Wildman–Crippen MR) is 131 cm³/mol. The van der Waals surface area contributed by atoms with E-state index >= 15 is 0 Å². The van der Waals surface area contributed by atoms with Crippen molar-refractivity contribution < 1.29 is 9.53 Å². The highest BCUT2D eigenvalue weighted by Crippen LogP contribution is 2.34. The molecule has 0 radical (unpaired) electrons. The first-order chi connectivity index (χ1) is 15.6. The summed E-state index contributed by atoms with van der Waals surface area (Å²) in [7, 11) is 1.62. The average molecular weight is 492 g/mol. The fourth-order valence-corrected chi connectivity index (χ4v) is 6.17. The number of aryl methyl sites for hydroxylation is 2. The molecule has 0 fully saturated rings. The number of methoxy groups -OCH3 is 1. The number of benzene rings is 1. The van der Waals surface area contributed by atoms with Gasteiger partial charge in [-0.25, -0.2) is 4.98 Å². The van der Waals surface area contributed by atoms with Crippen LogP contribution in [0, 0.1) is 0 Å². The van der Waals surface area contributed by atoms with E-state index in [4.69, 9.17) is 21.3 Å². The third-order valence-electron chi connectivity index (χ3n) is 5.54. The second-order valence-corrected chi connectivity index (χ2v) is 10.2. The first-order valence-electron chi connectivity index (χ1n) is 10.7. The largest absolute Gasteiger partial charge is 0.383 e. The molecular formula is C23H26ClN3O3S2. The number of amides is 1. The zero-order valence-electron chi connectivity index (χ0n) is 18.0. The molecule has 32 heavy (non-hydrogen) atoms. The van der Waals surface area contributed by atoms with Gasteiger partial charge in [-0.2, -0.15) is 0 Å².